The van der Waals surface area contributed by atoms with Gasteiger partial charge in [-0.25, -0.2) is 0 Å². The number of benzene rings is 2. The molecule has 2 unspecified atom stereocenters. The SMILES string of the molecule is Cl.OC(CNC1CCc2ccccc2C1)Cc1cccc2[nH]ncc12. The minimum atomic E-state index is -0.386. The van der Waals surface area contributed by atoms with Crippen LogP contribution in [-0.4, -0.2) is 34.0 Å². The topological polar surface area (TPSA) is 60.9 Å². The summed E-state index contributed by atoms with van der Waals surface area (Å²) < 4.78 is 0. The van der Waals surface area contributed by atoms with E-state index in [2.05, 4.69) is 45.8 Å². The molecule has 3 aromatic rings. The Bertz CT molecular complexity index is 832. The second-order valence-electron chi connectivity index (χ2n) is 6.72. The minimum Gasteiger partial charge on any atom is -0.391 e. The lowest BCUT2D eigenvalue weighted by molar-refractivity contribution is 0.166. The summed E-state index contributed by atoms with van der Waals surface area (Å²) >= 11 is 0. The molecule has 0 aliphatic heterocycles. The number of fused-ring (bicyclic) bond motifs is 2. The molecule has 0 amide bonds. The van der Waals surface area contributed by atoms with E-state index >= 15 is 0 Å². The van der Waals surface area contributed by atoms with Crippen LogP contribution in [0.2, 0.25) is 0 Å². The van der Waals surface area contributed by atoms with Crippen LogP contribution in [-0.2, 0) is 19.3 Å². The molecule has 0 radical (unpaired) electrons. The molecule has 1 heterocycles. The number of rotatable bonds is 5. The Morgan fingerprint density at radius 1 is 1.16 bits per heavy atom. The molecule has 4 rings (SSSR count). The maximum atomic E-state index is 10.4. The van der Waals surface area contributed by atoms with Crippen LogP contribution in [0.4, 0.5) is 0 Å². The Morgan fingerprint density at radius 2 is 2.00 bits per heavy atom. The molecule has 132 valence electrons. The Hall–Kier alpha value is -1.88. The maximum Gasteiger partial charge on any atom is 0.0705 e. The summed E-state index contributed by atoms with van der Waals surface area (Å²) in [5.74, 6) is 0. The Balaban J connectivity index is 0.00000182. The van der Waals surface area contributed by atoms with Crippen molar-refractivity contribution >= 4 is 23.3 Å². The zero-order chi connectivity index (χ0) is 16.4. The molecule has 1 aliphatic carbocycles. The number of aryl methyl sites for hydroxylation is 1. The second-order valence-corrected chi connectivity index (χ2v) is 6.72. The molecule has 3 N–H and O–H groups in total. The summed E-state index contributed by atoms with van der Waals surface area (Å²) in [5, 5.41) is 22.2. The van der Waals surface area contributed by atoms with Gasteiger partial charge in [0, 0.05) is 24.4 Å². The minimum absolute atomic E-state index is 0. The molecule has 0 saturated carbocycles. The van der Waals surface area contributed by atoms with Gasteiger partial charge >= 0.3 is 0 Å². The van der Waals surface area contributed by atoms with Crippen LogP contribution in [0.1, 0.15) is 23.1 Å². The summed E-state index contributed by atoms with van der Waals surface area (Å²) in [7, 11) is 0. The predicted octanol–water partition coefficient (Wildman–Crippen LogP) is 3.04. The van der Waals surface area contributed by atoms with Gasteiger partial charge in [0.05, 0.1) is 17.8 Å². The third-order valence-electron chi connectivity index (χ3n) is 5.02. The summed E-state index contributed by atoms with van der Waals surface area (Å²) in [5.41, 5.74) is 5.09. The van der Waals surface area contributed by atoms with Crippen molar-refractivity contribution in [2.75, 3.05) is 6.54 Å². The lowest BCUT2D eigenvalue weighted by atomic mass is 9.88. The number of aliphatic hydroxyl groups is 1. The fourth-order valence-electron chi connectivity index (χ4n) is 3.71. The van der Waals surface area contributed by atoms with Crippen molar-refractivity contribution in [3.8, 4) is 0 Å². The van der Waals surface area contributed by atoms with E-state index < -0.39 is 0 Å². The molecule has 2 atom stereocenters. The Kier molecular flexibility index (Phi) is 5.74. The van der Waals surface area contributed by atoms with Crippen molar-refractivity contribution in [3.05, 3.63) is 65.4 Å². The fraction of sp³-hybridized carbons (Fsp3) is 0.350. The molecule has 0 bridgehead atoms. The van der Waals surface area contributed by atoms with Crippen LogP contribution in [0.25, 0.3) is 10.9 Å². The third-order valence-corrected chi connectivity index (χ3v) is 5.02. The normalized spacial score (nSPS) is 17.7. The first-order chi connectivity index (χ1) is 11.8. The average molecular weight is 358 g/mol. The number of hydrogen-bond acceptors (Lipinski definition) is 3. The highest BCUT2D eigenvalue weighted by molar-refractivity contribution is 5.85. The summed E-state index contributed by atoms with van der Waals surface area (Å²) in [4.78, 5) is 0. The first-order valence-corrected chi connectivity index (χ1v) is 8.69. The van der Waals surface area contributed by atoms with Crippen molar-refractivity contribution in [3.63, 3.8) is 0 Å². The van der Waals surface area contributed by atoms with Crippen molar-refractivity contribution < 1.29 is 5.11 Å². The van der Waals surface area contributed by atoms with Gasteiger partial charge in [0.2, 0.25) is 0 Å². The van der Waals surface area contributed by atoms with Crippen molar-refractivity contribution in [1.82, 2.24) is 15.5 Å². The van der Waals surface area contributed by atoms with Gasteiger partial charge in [-0.3, -0.25) is 5.10 Å². The number of hydrogen-bond donors (Lipinski definition) is 3. The van der Waals surface area contributed by atoms with E-state index in [4.69, 9.17) is 0 Å². The molecule has 0 spiro atoms. The third kappa shape index (κ3) is 4.03. The lowest BCUT2D eigenvalue weighted by Gasteiger charge is -2.26. The van der Waals surface area contributed by atoms with Gasteiger partial charge in [-0.2, -0.15) is 5.10 Å². The highest BCUT2D eigenvalue weighted by Crippen LogP contribution is 2.21. The van der Waals surface area contributed by atoms with Crippen molar-refractivity contribution in [2.24, 2.45) is 0 Å². The molecule has 0 fully saturated rings. The molecular weight excluding hydrogens is 334 g/mol. The van der Waals surface area contributed by atoms with Crippen LogP contribution in [0, 0.1) is 0 Å². The van der Waals surface area contributed by atoms with E-state index in [-0.39, 0.29) is 18.5 Å². The van der Waals surface area contributed by atoms with E-state index in [1.807, 2.05) is 18.3 Å². The van der Waals surface area contributed by atoms with Crippen LogP contribution >= 0.6 is 12.4 Å². The van der Waals surface area contributed by atoms with Gasteiger partial charge in [-0.15, -0.1) is 12.4 Å². The van der Waals surface area contributed by atoms with E-state index in [0.29, 0.717) is 19.0 Å². The Labute approximate surface area is 154 Å². The van der Waals surface area contributed by atoms with Crippen LogP contribution in [0.5, 0.6) is 0 Å². The van der Waals surface area contributed by atoms with E-state index in [1.54, 1.807) is 0 Å². The molecule has 5 heteroatoms. The number of H-pyrrole nitrogens is 1. The first-order valence-electron chi connectivity index (χ1n) is 8.69. The average Bonchev–Trinajstić information content (AvgIpc) is 3.10. The van der Waals surface area contributed by atoms with Crippen LogP contribution in [0.3, 0.4) is 0 Å². The largest absolute Gasteiger partial charge is 0.391 e. The number of aliphatic hydroxyl groups excluding tert-OH is 1. The summed E-state index contributed by atoms with van der Waals surface area (Å²) in [6.45, 7) is 0.626. The molecule has 2 aromatic carbocycles. The quantitative estimate of drug-likeness (QED) is 0.657. The van der Waals surface area contributed by atoms with Crippen LogP contribution in [0.15, 0.2) is 48.7 Å². The van der Waals surface area contributed by atoms with Crippen LogP contribution < -0.4 is 5.32 Å². The Morgan fingerprint density at radius 3 is 2.88 bits per heavy atom. The molecule has 1 aliphatic rings. The molecule has 4 nitrogen and oxygen atoms in total. The summed E-state index contributed by atoms with van der Waals surface area (Å²) in [6, 6.07) is 15.2. The zero-order valence-electron chi connectivity index (χ0n) is 14.1. The molecular formula is C20H24ClN3O. The fourth-order valence-corrected chi connectivity index (χ4v) is 3.71. The van der Waals surface area contributed by atoms with E-state index in [0.717, 1.165) is 35.7 Å². The number of aromatic nitrogens is 2. The highest BCUT2D eigenvalue weighted by Gasteiger charge is 2.19. The number of aromatic amines is 1. The van der Waals surface area contributed by atoms with Gasteiger partial charge in [-0.05, 0) is 42.0 Å². The number of nitrogens with one attached hydrogen (secondary N) is 2. The second kappa shape index (κ2) is 8.00. The van der Waals surface area contributed by atoms with E-state index in [9.17, 15) is 5.11 Å². The molecule has 0 saturated heterocycles. The standard InChI is InChI=1S/C20H23N3O.ClH/c24-18(11-16-6-3-7-20-19(16)13-22-23-20)12-21-17-9-8-14-4-1-2-5-15(14)10-17;/h1-7,13,17-18,21,24H,8-12H2,(H,22,23);1H. The van der Waals surface area contributed by atoms with Gasteiger partial charge in [0.15, 0.2) is 0 Å². The van der Waals surface area contributed by atoms with Gasteiger partial charge in [-0.1, -0.05) is 36.4 Å². The van der Waals surface area contributed by atoms with Gasteiger partial charge < -0.3 is 10.4 Å². The monoisotopic (exact) mass is 357 g/mol. The molecule has 25 heavy (non-hydrogen) atoms. The van der Waals surface area contributed by atoms with Crippen molar-refractivity contribution in [1.29, 1.82) is 0 Å². The predicted molar refractivity (Wildman–Crippen MR) is 103 cm³/mol. The number of halogens is 1. The smallest absolute Gasteiger partial charge is 0.0705 e. The van der Waals surface area contributed by atoms with Crippen molar-refractivity contribution in [2.45, 2.75) is 37.8 Å². The highest BCUT2D eigenvalue weighted by atomic mass is 35.5. The van der Waals surface area contributed by atoms with Gasteiger partial charge in [0.25, 0.3) is 0 Å². The van der Waals surface area contributed by atoms with E-state index in [1.165, 1.54) is 11.1 Å². The summed E-state index contributed by atoms with van der Waals surface area (Å²) in [6.07, 6.45) is 5.41. The lowest BCUT2D eigenvalue weighted by Crippen LogP contribution is -2.39. The van der Waals surface area contributed by atoms with Gasteiger partial charge in [0.1, 0.15) is 0 Å². The molecule has 1 aromatic heterocycles. The maximum absolute atomic E-state index is 10.4. The zero-order valence-corrected chi connectivity index (χ0v) is 14.9. The number of nitrogens with zero attached hydrogens (tertiary/aromatic N) is 1. The first kappa shape index (κ1) is 17.9.